The van der Waals surface area contributed by atoms with Crippen LogP contribution in [0.1, 0.15) is 22.8 Å². The van der Waals surface area contributed by atoms with E-state index in [4.69, 9.17) is 4.74 Å². The molecule has 3 rings (SSSR count). The van der Waals surface area contributed by atoms with E-state index in [1.165, 1.54) is 0 Å². The number of hydrogen-bond donors (Lipinski definition) is 1. The fraction of sp³-hybridized carbons (Fsp3) is 0.158. The molecule has 0 saturated heterocycles. The largest absolute Gasteiger partial charge is 0.494 e. The summed E-state index contributed by atoms with van der Waals surface area (Å²) in [7, 11) is 0. The molecule has 1 amide bonds. The summed E-state index contributed by atoms with van der Waals surface area (Å²) in [5.41, 5.74) is 3.15. The Kier molecular flexibility index (Phi) is 4.61. The molecular weight excluding hydrogens is 302 g/mol. The summed E-state index contributed by atoms with van der Waals surface area (Å²) in [4.78, 5) is 12.5. The Hall–Kier alpha value is -3.08. The summed E-state index contributed by atoms with van der Waals surface area (Å²) in [6, 6.07) is 14.8. The van der Waals surface area contributed by atoms with Gasteiger partial charge in [0.15, 0.2) is 0 Å². The lowest BCUT2D eigenvalue weighted by Gasteiger charge is -2.11. The molecule has 0 spiro atoms. The molecule has 0 bridgehead atoms. The van der Waals surface area contributed by atoms with Crippen LogP contribution in [0.4, 0.5) is 5.69 Å². The van der Waals surface area contributed by atoms with Gasteiger partial charge in [-0.2, -0.15) is 5.10 Å². The van der Waals surface area contributed by atoms with E-state index >= 15 is 0 Å². The number of carbonyl (C=O) groups excluding carboxylic acids is 1. The third kappa shape index (κ3) is 3.46. The van der Waals surface area contributed by atoms with Gasteiger partial charge in [0.25, 0.3) is 5.91 Å². The van der Waals surface area contributed by atoms with Crippen LogP contribution in [0.3, 0.4) is 0 Å². The van der Waals surface area contributed by atoms with Crippen LogP contribution >= 0.6 is 0 Å². The van der Waals surface area contributed by atoms with Gasteiger partial charge in [-0.05, 0) is 61.9 Å². The van der Waals surface area contributed by atoms with Gasteiger partial charge in [-0.25, -0.2) is 4.68 Å². The fourth-order valence-corrected chi connectivity index (χ4v) is 2.44. The van der Waals surface area contributed by atoms with Gasteiger partial charge in [-0.1, -0.05) is 6.07 Å². The predicted octanol–water partition coefficient (Wildman–Crippen LogP) is 3.83. The summed E-state index contributed by atoms with van der Waals surface area (Å²) in [5.74, 6) is 0.643. The van der Waals surface area contributed by atoms with Crippen LogP contribution in [0.15, 0.2) is 60.9 Å². The van der Waals surface area contributed by atoms with Crippen molar-refractivity contribution >= 4 is 11.6 Å². The Morgan fingerprint density at radius 1 is 1.21 bits per heavy atom. The third-order valence-electron chi connectivity index (χ3n) is 3.63. The number of nitrogens with zero attached hydrogens (tertiary/aromatic N) is 2. The highest BCUT2D eigenvalue weighted by Crippen LogP contribution is 2.22. The smallest absolute Gasteiger partial charge is 0.255 e. The van der Waals surface area contributed by atoms with Gasteiger partial charge in [-0.3, -0.25) is 4.79 Å². The summed E-state index contributed by atoms with van der Waals surface area (Å²) >= 11 is 0. The number of anilines is 1. The third-order valence-corrected chi connectivity index (χ3v) is 3.63. The predicted molar refractivity (Wildman–Crippen MR) is 93.9 cm³/mol. The molecule has 0 fully saturated rings. The molecule has 0 aliphatic carbocycles. The second-order valence-electron chi connectivity index (χ2n) is 5.36. The van der Waals surface area contributed by atoms with Gasteiger partial charge in [-0.15, -0.1) is 0 Å². The van der Waals surface area contributed by atoms with Crippen molar-refractivity contribution in [1.29, 1.82) is 0 Å². The normalized spacial score (nSPS) is 10.4. The van der Waals surface area contributed by atoms with Crippen molar-refractivity contribution < 1.29 is 9.53 Å². The zero-order valence-electron chi connectivity index (χ0n) is 13.7. The number of benzene rings is 2. The lowest BCUT2D eigenvalue weighted by Crippen LogP contribution is -2.13. The maximum Gasteiger partial charge on any atom is 0.255 e. The molecule has 0 saturated carbocycles. The van der Waals surface area contributed by atoms with Crippen LogP contribution in [0.25, 0.3) is 5.69 Å². The van der Waals surface area contributed by atoms with Crippen molar-refractivity contribution in [3.63, 3.8) is 0 Å². The highest BCUT2D eigenvalue weighted by Gasteiger charge is 2.10. The van der Waals surface area contributed by atoms with Crippen molar-refractivity contribution in [1.82, 2.24) is 9.78 Å². The average Bonchev–Trinajstić information content (AvgIpc) is 3.12. The number of aryl methyl sites for hydroxylation is 1. The van der Waals surface area contributed by atoms with Crippen LogP contribution < -0.4 is 10.1 Å². The minimum Gasteiger partial charge on any atom is -0.494 e. The summed E-state index contributed by atoms with van der Waals surface area (Å²) in [6.07, 6.45) is 3.55. The monoisotopic (exact) mass is 321 g/mol. The number of carbonyl (C=O) groups is 1. The molecule has 1 heterocycles. The van der Waals surface area contributed by atoms with Crippen molar-refractivity contribution in [3.8, 4) is 11.4 Å². The molecule has 0 unspecified atom stereocenters. The molecule has 1 N–H and O–H groups in total. The lowest BCUT2D eigenvalue weighted by atomic mass is 10.1. The van der Waals surface area contributed by atoms with E-state index < -0.39 is 0 Å². The maximum absolute atomic E-state index is 12.5. The minimum atomic E-state index is -0.156. The molecule has 2 aromatic carbocycles. The number of hydrogen-bond acceptors (Lipinski definition) is 3. The molecule has 0 aliphatic heterocycles. The van der Waals surface area contributed by atoms with Gasteiger partial charge in [0, 0.05) is 23.6 Å². The number of rotatable bonds is 5. The molecule has 0 radical (unpaired) electrons. The lowest BCUT2D eigenvalue weighted by molar-refractivity contribution is 0.102. The van der Waals surface area contributed by atoms with Gasteiger partial charge in [0.05, 0.1) is 12.3 Å². The first-order chi connectivity index (χ1) is 11.7. The Morgan fingerprint density at radius 3 is 2.79 bits per heavy atom. The Balaban J connectivity index is 1.79. The molecule has 5 heteroatoms. The molecule has 24 heavy (non-hydrogen) atoms. The molecule has 0 aliphatic rings. The van der Waals surface area contributed by atoms with E-state index in [9.17, 15) is 4.79 Å². The maximum atomic E-state index is 12.5. The number of nitrogens with one attached hydrogen (secondary N) is 1. The zero-order chi connectivity index (χ0) is 16.9. The van der Waals surface area contributed by atoms with Crippen molar-refractivity contribution in [2.75, 3.05) is 11.9 Å². The number of aromatic nitrogens is 2. The van der Waals surface area contributed by atoms with Crippen LogP contribution in [0.5, 0.6) is 5.75 Å². The quantitative estimate of drug-likeness (QED) is 0.777. The van der Waals surface area contributed by atoms with E-state index in [1.54, 1.807) is 16.9 Å². The van der Waals surface area contributed by atoms with Crippen molar-refractivity contribution in [3.05, 3.63) is 72.1 Å². The molecule has 122 valence electrons. The number of amides is 1. The van der Waals surface area contributed by atoms with E-state index in [1.807, 2.05) is 62.5 Å². The molecule has 5 nitrogen and oxygen atoms in total. The van der Waals surface area contributed by atoms with Crippen molar-refractivity contribution in [2.45, 2.75) is 13.8 Å². The second-order valence-corrected chi connectivity index (χ2v) is 5.36. The van der Waals surface area contributed by atoms with Crippen LogP contribution in [-0.4, -0.2) is 22.3 Å². The van der Waals surface area contributed by atoms with Gasteiger partial charge in [0.1, 0.15) is 5.75 Å². The molecular formula is C19H19N3O2. The number of ether oxygens (including phenoxy) is 1. The van der Waals surface area contributed by atoms with Crippen LogP contribution in [0, 0.1) is 6.92 Å². The molecule has 0 atom stereocenters. The van der Waals surface area contributed by atoms with E-state index in [0.717, 1.165) is 22.7 Å². The first-order valence-corrected chi connectivity index (χ1v) is 7.82. The molecule has 1 aromatic heterocycles. The Bertz CT molecular complexity index is 842. The van der Waals surface area contributed by atoms with Crippen molar-refractivity contribution in [2.24, 2.45) is 0 Å². The van der Waals surface area contributed by atoms with Gasteiger partial charge in [0.2, 0.25) is 0 Å². The minimum absolute atomic E-state index is 0.156. The standard InChI is InChI=1S/C19H19N3O2/c1-3-24-17-8-9-18(14(2)12-17)21-19(23)15-6-4-7-16(13-15)22-11-5-10-20-22/h4-13H,3H2,1-2H3,(H,21,23). The zero-order valence-corrected chi connectivity index (χ0v) is 13.7. The Morgan fingerprint density at radius 2 is 2.08 bits per heavy atom. The van der Waals surface area contributed by atoms with Crippen LogP contribution in [0.2, 0.25) is 0 Å². The first-order valence-electron chi connectivity index (χ1n) is 7.82. The topological polar surface area (TPSA) is 56.1 Å². The van der Waals surface area contributed by atoms with E-state index in [0.29, 0.717) is 12.2 Å². The molecule has 3 aromatic rings. The summed E-state index contributed by atoms with van der Waals surface area (Å²) in [5, 5.41) is 7.13. The highest BCUT2D eigenvalue weighted by atomic mass is 16.5. The van der Waals surface area contributed by atoms with E-state index in [-0.39, 0.29) is 5.91 Å². The average molecular weight is 321 g/mol. The SMILES string of the molecule is CCOc1ccc(NC(=O)c2cccc(-n3cccn3)c2)c(C)c1. The highest BCUT2D eigenvalue weighted by molar-refractivity contribution is 6.05. The summed E-state index contributed by atoms with van der Waals surface area (Å²) < 4.78 is 7.19. The first kappa shape index (κ1) is 15.8. The van der Waals surface area contributed by atoms with E-state index in [2.05, 4.69) is 10.4 Å². The fourth-order valence-electron chi connectivity index (χ4n) is 2.44. The Labute approximate surface area is 140 Å². The van der Waals surface area contributed by atoms with Gasteiger partial charge < -0.3 is 10.1 Å². The summed E-state index contributed by atoms with van der Waals surface area (Å²) in [6.45, 7) is 4.50. The van der Waals surface area contributed by atoms with Crippen LogP contribution in [-0.2, 0) is 0 Å². The van der Waals surface area contributed by atoms with Gasteiger partial charge >= 0.3 is 0 Å². The second kappa shape index (κ2) is 7.00.